The van der Waals surface area contributed by atoms with E-state index in [0.717, 1.165) is 12.8 Å². The van der Waals surface area contributed by atoms with Gasteiger partial charge in [-0.1, -0.05) is 0 Å². The molecule has 0 aliphatic heterocycles. The molecule has 98 valence electrons. The van der Waals surface area contributed by atoms with Crippen molar-refractivity contribution in [3.05, 3.63) is 23.8 Å². The van der Waals surface area contributed by atoms with Crippen LogP contribution in [-0.2, 0) is 0 Å². The number of rotatable bonds is 3. The first-order chi connectivity index (χ1) is 8.45. The molecule has 0 saturated heterocycles. The summed E-state index contributed by atoms with van der Waals surface area (Å²) < 4.78 is 0. The Kier molecular flexibility index (Phi) is 3.43. The summed E-state index contributed by atoms with van der Waals surface area (Å²) in [6.45, 7) is 0.576. The van der Waals surface area contributed by atoms with Crippen LogP contribution in [0.5, 0.6) is 11.5 Å². The molecule has 18 heavy (non-hydrogen) atoms. The van der Waals surface area contributed by atoms with Crippen LogP contribution in [-0.4, -0.2) is 45.8 Å². The van der Waals surface area contributed by atoms with Crippen LogP contribution in [0.2, 0.25) is 0 Å². The molecule has 1 amide bonds. The van der Waals surface area contributed by atoms with Gasteiger partial charge in [0, 0.05) is 25.2 Å². The van der Waals surface area contributed by atoms with Gasteiger partial charge in [0.25, 0.3) is 5.91 Å². The molecule has 0 aromatic heterocycles. The van der Waals surface area contributed by atoms with Gasteiger partial charge in [-0.05, 0) is 30.9 Å². The number of amides is 1. The molecular formula is C13H17NO4. The quantitative estimate of drug-likeness (QED) is 0.747. The molecule has 0 bridgehead atoms. The van der Waals surface area contributed by atoms with Crippen molar-refractivity contribution >= 4 is 5.91 Å². The fourth-order valence-corrected chi connectivity index (χ4v) is 2.26. The minimum absolute atomic E-state index is 0.134. The zero-order valence-corrected chi connectivity index (χ0v) is 10.2. The van der Waals surface area contributed by atoms with E-state index in [1.54, 1.807) is 11.9 Å². The standard InChI is InChI=1S/C13H17NO4/c1-14(7-8-2-10(15)3-8)13(18)9-4-11(16)6-12(17)5-9/h4-6,8,10,15-17H,2-3,7H2,1H3. The van der Waals surface area contributed by atoms with E-state index < -0.39 is 0 Å². The second-order valence-electron chi connectivity index (χ2n) is 4.92. The topological polar surface area (TPSA) is 81.0 Å². The van der Waals surface area contributed by atoms with E-state index in [0.29, 0.717) is 12.5 Å². The molecule has 2 rings (SSSR count). The minimum Gasteiger partial charge on any atom is -0.508 e. The van der Waals surface area contributed by atoms with Crippen LogP contribution in [0.25, 0.3) is 0 Å². The van der Waals surface area contributed by atoms with Crippen LogP contribution >= 0.6 is 0 Å². The number of carbonyl (C=O) groups excluding carboxylic acids is 1. The molecular weight excluding hydrogens is 234 g/mol. The van der Waals surface area contributed by atoms with Gasteiger partial charge in [0.15, 0.2) is 0 Å². The fraction of sp³-hybridized carbons (Fsp3) is 0.462. The molecule has 1 saturated carbocycles. The Morgan fingerprint density at radius 1 is 1.28 bits per heavy atom. The third-order valence-corrected chi connectivity index (χ3v) is 3.24. The van der Waals surface area contributed by atoms with Crippen molar-refractivity contribution in [2.45, 2.75) is 18.9 Å². The zero-order valence-electron chi connectivity index (χ0n) is 10.2. The number of aliphatic hydroxyl groups is 1. The molecule has 5 nitrogen and oxygen atoms in total. The van der Waals surface area contributed by atoms with Crippen molar-refractivity contribution in [1.82, 2.24) is 4.90 Å². The molecule has 1 aromatic carbocycles. The van der Waals surface area contributed by atoms with Gasteiger partial charge >= 0.3 is 0 Å². The van der Waals surface area contributed by atoms with E-state index in [2.05, 4.69) is 0 Å². The van der Waals surface area contributed by atoms with Crippen molar-refractivity contribution in [3.8, 4) is 11.5 Å². The highest BCUT2D eigenvalue weighted by atomic mass is 16.3. The predicted octanol–water partition coefficient (Wildman–Crippen LogP) is 0.941. The van der Waals surface area contributed by atoms with Crippen molar-refractivity contribution in [1.29, 1.82) is 0 Å². The summed E-state index contributed by atoms with van der Waals surface area (Å²) in [6.07, 6.45) is 1.22. The normalized spacial score (nSPS) is 22.3. The monoisotopic (exact) mass is 251 g/mol. The van der Waals surface area contributed by atoms with Crippen LogP contribution in [0.15, 0.2) is 18.2 Å². The van der Waals surface area contributed by atoms with Gasteiger partial charge in [-0.15, -0.1) is 0 Å². The summed E-state index contributed by atoms with van der Waals surface area (Å²) in [5.41, 5.74) is 0.259. The van der Waals surface area contributed by atoms with Gasteiger partial charge in [0.05, 0.1) is 6.10 Å². The SMILES string of the molecule is CN(CC1CC(O)C1)C(=O)c1cc(O)cc(O)c1. The molecule has 1 fully saturated rings. The van der Waals surface area contributed by atoms with E-state index in [4.69, 9.17) is 0 Å². The van der Waals surface area contributed by atoms with Crippen LogP contribution in [0.1, 0.15) is 23.2 Å². The van der Waals surface area contributed by atoms with Gasteiger partial charge < -0.3 is 20.2 Å². The van der Waals surface area contributed by atoms with Crippen molar-refractivity contribution in [2.75, 3.05) is 13.6 Å². The number of phenolic OH excluding ortho intramolecular Hbond substituents is 2. The van der Waals surface area contributed by atoms with E-state index in [-0.39, 0.29) is 29.1 Å². The largest absolute Gasteiger partial charge is 0.508 e. The summed E-state index contributed by atoms with van der Waals surface area (Å²) >= 11 is 0. The number of aliphatic hydroxyl groups excluding tert-OH is 1. The van der Waals surface area contributed by atoms with Gasteiger partial charge in [0.1, 0.15) is 11.5 Å². The van der Waals surface area contributed by atoms with Crippen LogP contribution < -0.4 is 0 Å². The Balaban J connectivity index is 2.01. The predicted molar refractivity (Wildman–Crippen MR) is 65.5 cm³/mol. The summed E-state index contributed by atoms with van der Waals surface area (Å²) in [5, 5.41) is 27.9. The van der Waals surface area contributed by atoms with Crippen LogP contribution in [0.3, 0.4) is 0 Å². The molecule has 1 aromatic rings. The highest BCUT2D eigenvalue weighted by Gasteiger charge is 2.29. The molecule has 0 heterocycles. The van der Waals surface area contributed by atoms with E-state index in [9.17, 15) is 20.1 Å². The Bertz CT molecular complexity index is 434. The molecule has 0 radical (unpaired) electrons. The third-order valence-electron chi connectivity index (χ3n) is 3.24. The lowest BCUT2D eigenvalue weighted by Crippen LogP contribution is -2.39. The van der Waals surface area contributed by atoms with Crippen molar-refractivity contribution in [3.63, 3.8) is 0 Å². The number of hydrogen-bond acceptors (Lipinski definition) is 4. The average Bonchev–Trinajstić information content (AvgIpc) is 2.24. The summed E-state index contributed by atoms with van der Waals surface area (Å²) in [6, 6.07) is 3.83. The van der Waals surface area contributed by atoms with Gasteiger partial charge in [-0.25, -0.2) is 0 Å². The Hall–Kier alpha value is -1.75. The first-order valence-electron chi connectivity index (χ1n) is 5.92. The number of aromatic hydroxyl groups is 2. The maximum atomic E-state index is 12.0. The van der Waals surface area contributed by atoms with E-state index in [1.807, 2.05) is 0 Å². The van der Waals surface area contributed by atoms with E-state index in [1.165, 1.54) is 18.2 Å². The van der Waals surface area contributed by atoms with Gasteiger partial charge in [-0.3, -0.25) is 4.79 Å². The summed E-state index contributed by atoms with van der Waals surface area (Å²) in [5.74, 6) is -0.181. The van der Waals surface area contributed by atoms with Crippen LogP contribution in [0, 0.1) is 5.92 Å². The third kappa shape index (κ3) is 2.73. The van der Waals surface area contributed by atoms with Crippen molar-refractivity contribution < 1.29 is 20.1 Å². The lowest BCUT2D eigenvalue weighted by molar-refractivity contribution is 0.0265. The maximum absolute atomic E-state index is 12.0. The highest BCUT2D eigenvalue weighted by Crippen LogP contribution is 2.28. The molecule has 3 N–H and O–H groups in total. The summed E-state index contributed by atoms with van der Waals surface area (Å²) in [4.78, 5) is 13.6. The number of phenols is 2. The molecule has 0 atom stereocenters. The van der Waals surface area contributed by atoms with Gasteiger partial charge in [0.2, 0.25) is 0 Å². The Morgan fingerprint density at radius 2 is 1.83 bits per heavy atom. The highest BCUT2D eigenvalue weighted by molar-refractivity contribution is 5.94. The lowest BCUT2D eigenvalue weighted by Gasteiger charge is -2.34. The number of benzene rings is 1. The van der Waals surface area contributed by atoms with Gasteiger partial charge in [-0.2, -0.15) is 0 Å². The maximum Gasteiger partial charge on any atom is 0.253 e. The molecule has 1 aliphatic rings. The molecule has 1 aliphatic carbocycles. The van der Waals surface area contributed by atoms with E-state index >= 15 is 0 Å². The number of carbonyl (C=O) groups is 1. The lowest BCUT2D eigenvalue weighted by atomic mass is 9.82. The number of nitrogens with zero attached hydrogens (tertiary/aromatic N) is 1. The zero-order chi connectivity index (χ0) is 13.3. The first kappa shape index (κ1) is 12.7. The van der Waals surface area contributed by atoms with Crippen molar-refractivity contribution in [2.24, 2.45) is 5.92 Å². The Morgan fingerprint density at radius 3 is 2.33 bits per heavy atom. The Labute approximate surface area is 105 Å². The van der Waals surface area contributed by atoms with Crippen LogP contribution in [0.4, 0.5) is 0 Å². The minimum atomic E-state index is -0.248. The summed E-state index contributed by atoms with van der Waals surface area (Å²) in [7, 11) is 1.67. The first-order valence-corrected chi connectivity index (χ1v) is 5.92. The molecule has 0 unspecified atom stereocenters. The fourth-order valence-electron chi connectivity index (χ4n) is 2.26. The second kappa shape index (κ2) is 4.86. The average molecular weight is 251 g/mol. The smallest absolute Gasteiger partial charge is 0.253 e. The second-order valence-corrected chi connectivity index (χ2v) is 4.92. The molecule has 0 spiro atoms. The molecule has 5 heteroatoms. The number of hydrogen-bond donors (Lipinski definition) is 3.